The molecule has 1 heterocycles. The van der Waals surface area contributed by atoms with Crippen LogP contribution in [0.5, 0.6) is 0 Å². The Labute approximate surface area is 159 Å². The van der Waals surface area contributed by atoms with E-state index in [4.69, 9.17) is 5.73 Å². The molecule has 4 rings (SSSR count). The maximum Gasteiger partial charge on any atom is 0.159 e. The summed E-state index contributed by atoms with van der Waals surface area (Å²) in [6, 6.07) is 14.4. The van der Waals surface area contributed by atoms with Gasteiger partial charge in [0.2, 0.25) is 0 Å². The van der Waals surface area contributed by atoms with E-state index in [2.05, 4.69) is 44.9 Å². The van der Waals surface area contributed by atoms with E-state index in [0.717, 1.165) is 24.0 Å². The highest BCUT2D eigenvalue weighted by Gasteiger charge is 2.10. The predicted molar refractivity (Wildman–Crippen MR) is 113 cm³/mol. The summed E-state index contributed by atoms with van der Waals surface area (Å²) < 4.78 is 0. The minimum absolute atomic E-state index is 0.544. The van der Waals surface area contributed by atoms with Crippen molar-refractivity contribution in [3.63, 3.8) is 0 Å². The van der Waals surface area contributed by atoms with Gasteiger partial charge in [-0.2, -0.15) is 0 Å². The van der Waals surface area contributed by atoms with Crippen LogP contribution < -0.4 is 16.4 Å². The van der Waals surface area contributed by atoms with Gasteiger partial charge in [0.15, 0.2) is 11.6 Å². The van der Waals surface area contributed by atoms with Gasteiger partial charge in [0, 0.05) is 17.6 Å². The monoisotopic (exact) mass is 359 g/mol. The Hall–Kier alpha value is -3.08. The van der Waals surface area contributed by atoms with Crippen molar-refractivity contribution in [3.05, 3.63) is 60.4 Å². The summed E-state index contributed by atoms with van der Waals surface area (Å²) in [4.78, 5) is 8.66. The Morgan fingerprint density at radius 1 is 0.963 bits per heavy atom. The second-order valence-electron chi connectivity index (χ2n) is 6.92. The van der Waals surface area contributed by atoms with Gasteiger partial charge in [-0.05, 0) is 43.6 Å². The van der Waals surface area contributed by atoms with Gasteiger partial charge in [0.05, 0.1) is 0 Å². The van der Waals surface area contributed by atoms with Gasteiger partial charge in [-0.15, -0.1) is 0 Å². The number of anilines is 4. The molecule has 0 bridgehead atoms. The topological polar surface area (TPSA) is 75.9 Å². The fraction of sp³-hybridized carbons (Fsp3) is 0.273. The first kappa shape index (κ1) is 17.3. The van der Waals surface area contributed by atoms with Crippen LogP contribution in [0.2, 0.25) is 0 Å². The number of aromatic nitrogens is 2. The highest BCUT2D eigenvalue weighted by Crippen LogP contribution is 2.30. The van der Waals surface area contributed by atoms with Gasteiger partial charge >= 0.3 is 0 Å². The maximum atomic E-state index is 6.33. The van der Waals surface area contributed by atoms with Crippen LogP contribution in [-0.2, 0) is 0 Å². The van der Waals surface area contributed by atoms with Crippen molar-refractivity contribution < 1.29 is 0 Å². The lowest BCUT2D eigenvalue weighted by atomic mass is 9.97. The summed E-state index contributed by atoms with van der Waals surface area (Å²) in [6.45, 7) is 0.834. The number of hydrogen-bond donors (Lipinski definition) is 3. The number of nitrogens with zero attached hydrogens (tertiary/aromatic N) is 2. The van der Waals surface area contributed by atoms with E-state index in [1.54, 1.807) is 6.33 Å². The van der Waals surface area contributed by atoms with Crippen molar-refractivity contribution >= 4 is 33.8 Å². The van der Waals surface area contributed by atoms with E-state index in [1.807, 2.05) is 24.3 Å². The number of fused-ring (bicyclic) bond motifs is 1. The zero-order valence-corrected chi connectivity index (χ0v) is 15.4. The van der Waals surface area contributed by atoms with Crippen molar-refractivity contribution in [2.75, 3.05) is 22.9 Å². The van der Waals surface area contributed by atoms with Gasteiger partial charge in [-0.25, -0.2) is 9.97 Å². The fourth-order valence-corrected chi connectivity index (χ4v) is 3.57. The second kappa shape index (κ2) is 8.08. The molecule has 0 radical (unpaired) electrons. The fourth-order valence-electron chi connectivity index (χ4n) is 3.57. The van der Waals surface area contributed by atoms with Crippen molar-refractivity contribution in [3.8, 4) is 0 Å². The quantitative estimate of drug-likeness (QED) is 0.524. The molecule has 0 amide bonds. The van der Waals surface area contributed by atoms with Gasteiger partial charge < -0.3 is 16.4 Å². The Morgan fingerprint density at radius 3 is 2.70 bits per heavy atom. The van der Waals surface area contributed by atoms with E-state index in [0.29, 0.717) is 17.3 Å². The predicted octanol–water partition coefficient (Wildman–Crippen LogP) is 5.26. The van der Waals surface area contributed by atoms with E-state index >= 15 is 0 Å². The maximum absolute atomic E-state index is 6.33. The summed E-state index contributed by atoms with van der Waals surface area (Å²) in [7, 11) is 0. The molecule has 27 heavy (non-hydrogen) atoms. The van der Waals surface area contributed by atoms with E-state index in [1.165, 1.54) is 36.6 Å². The Kier molecular flexibility index (Phi) is 5.19. The van der Waals surface area contributed by atoms with Gasteiger partial charge in [-0.1, -0.05) is 48.0 Å². The average molecular weight is 359 g/mol. The first-order valence-corrected chi connectivity index (χ1v) is 9.58. The molecule has 0 saturated heterocycles. The Balaban J connectivity index is 1.49. The molecule has 0 saturated carbocycles. The summed E-state index contributed by atoms with van der Waals surface area (Å²) >= 11 is 0. The highest BCUT2D eigenvalue weighted by atomic mass is 15.1. The minimum Gasteiger partial charge on any atom is -0.393 e. The van der Waals surface area contributed by atoms with Crippen LogP contribution in [-0.4, -0.2) is 16.5 Å². The highest BCUT2D eigenvalue weighted by molar-refractivity contribution is 5.96. The SMILES string of the molecule is Nc1c(NCCC2=CCCCC2)ncnc1Nc1cccc2ccccc12. The molecule has 0 aliphatic heterocycles. The molecule has 0 atom stereocenters. The Bertz CT molecular complexity index is 959. The van der Waals surface area contributed by atoms with E-state index in [-0.39, 0.29) is 0 Å². The summed E-state index contributed by atoms with van der Waals surface area (Å²) in [5.41, 5.74) is 9.39. The number of nitrogens with two attached hydrogens (primary N) is 1. The third-order valence-corrected chi connectivity index (χ3v) is 5.05. The molecule has 5 nitrogen and oxygen atoms in total. The van der Waals surface area contributed by atoms with Crippen LogP contribution in [0, 0.1) is 0 Å². The van der Waals surface area contributed by atoms with Crippen LogP contribution in [0.15, 0.2) is 60.4 Å². The molecule has 138 valence electrons. The lowest BCUT2D eigenvalue weighted by Crippen LogP contribution is -2.10. The number of benzene rings is 2. The lowest BCUT2D eigenvalue weighted by molar-refractivity contribution is 0.679. The van der Waals surface area contributed by atoms with Crippen molar-refractivity contribution in [2.45, 2.75) is 32.1 Å². The van der Waals surface area contributed by atoms with Crippen LogP contribution >= 0.6 is 0 Å². The average Bonchev–Trinajstić information content (AvgIpc) is 2.72. The normalized spacial score (nSPS) is 14.0. The Morgan fingerprint density at radius 2 is 1.81 bits per heavy atom. The second-order valence-corrected chi connectivity index (χ2v) is 6.92. The third-order valence-electron chi connectivity index (χ3n) is 5.05. The van der Waals surface area contributed by atoms with E-state index < -0.39 is 0 Å². The van der Waals surface area contributed by atoms with Gasteiger partial charge in [0.1, 0.15) is 12.0 Å². The molecular weight excluding hydrogens is 334 g/mol. The number of nitrogen functional groups attached to an aromatic ring is 1. The van der Waals surface area contributed by atoms with E-state index in [9.17, 15) is 0 Å². The summed E-state index contributed by atoms with van der Waals surface area (Å²) in [5.74, 6) is 1.31. The first-order valence-electron chi connectivity index (χ1n) is 9.58. The zero-order valence-electron chi connectivity index (χ0n) is 15.4. The van der Waals surface area contributed by atoms with Crippen LogP contribution in [0.1, 0.15) is 32.1 Å². The summed E-state index contributed by atoms with van der Waals surface area (Å²) in [6.07, 6.45) is 10.0. The van der Waals surface area contributed by atoms with Crippen molar-refractivity contribution in [1.29, 1.82) is 0 Å². The minimum atomic E-state index is 0.544. The van der Waals surface area contributed by atoms with Crippen molar-refractivity contribution in [1.82, 2.24) is 9.97 Å². The standard InChI is InChI=1S/C22H25N5/c23-20-21(24-14-13-16-7-2-1-3-8-16)25-15-26-22(20)27-19-12-6-10-17-9-4-5-11-18(17)19/h4-7,9-12,15H,1-3,8,13-14,23H2,(H2,24,25,26,27). The first-order chi connectivity index (χ1) is 13.3. The van der Waals surface area contributed by atoms with Crippen LogP contribution in [0.25, 0.3) is 10.8 Å². The molecule has 0 fully saturated rings. The molecule has 1 aliphatic rings. The van der Waals surface area contributed by atoms with Crippen LogP contribution in [0.3, 0.4) is 0 Å². The zero-order chi connectivity index (χ0) is 18.5. The number of hydrogen-bond acceptors (Lipinski definition) is 5. The smallest absolute Gasteiger partial charge is 0.159 e. The lowest BCUT2D eigenvalue weighted by Gasteiger charge is -2.15. The molecule has 3 aromatic rings. The molecular formula is C22H25N5. The molecule has 5 heteroatoms. The molecule has 2 aromatic carbocycles. The summed E-state index contributed by atoms with van der Waals surface area (Å²) in [5, 5.41) is 9.05. The van der Waals surface area contributed by atoms with Crippen molar-refractivity contribution in [2.24, 2.45) is 0 Å². The number of allylic oxidation sites excluding steroid dienone is 1. The van der Waals surface area contributed by atoms with Gasteiger partial charge in [-0.3, -0.25) is 0 Å². The molecule has 0 unspecified atom stereocenters. The molecule has 1 aliphatic carbocycles. The third kappa shape index (κ3) is 4.03. The largest absolute Gasteiger partial charge is 0.393 e. The van der Waals surface area contributed by atoms with Gasteiger partial charge in [0.25, 0.3) is 0 Å². The molecule has 4 N–H and O–H groups in total. The molecule has 1 aromatic heterocycles. The molecule has 0 spiro atoms. The number of nitrogens with one attached hydrogen (secondary N) is 2. The van der Waals surface area contributed by atoms with Crippen LogP contribution in [0.4, 0.5) is 23.0 Å². The number of rotatable bonds is 6.